The minimum Gasteiger partial charge on any atom is -0.298 e. The van der Waals surface area contributed by atoms with Gasteiger partial charge in [-0.05, 0) is 80.4 Å². The summed E-state index contributed by atoms with van der Waals surface area (Å²) in [6, 6.07) is 6.13. The van der Waals surface area contributed by atoms with E-state index in [1.54, 1.807) is 12.1 Å². The second kappa shape index (κ2) is 9.18. The first kappa shape index (κ1) is 26.3. The van der Waals surface area contributed by atoms with Crippen molar-refractivity contribution >= 4 is 37.6 Å². The van der Waals surface area contributed by atoms with Gasteiger partial charge in [0.25, 0.3) is 5.92 Å². The van der Waals surface area contributed by atoms with Gasteiger partial charge in [0.15, 0.2) is 11.5 Å². The summed E-state index contributed by atoms with van der Waals surface area (Å²) in [7, 11) is 0. The quantitative estimate of drug-likeness (QED) is 0.199. The monoisotopic (exact) mass is 653 g/mol. The molecule has 0 N–H and O–H groups in total. The molecule has 0 unspecified atom stereocenters. The summed E-state index contributed by atoms with van der Waals surface area (Å²) in [6.45, 7) is -0.812. The Bertz CT molecular complexity index is 1390. The van der Waals surface area contributed by atoms with Crippen molar-refractivity contribution < 1.29 is 35.5 Å². The first-order valence-electron chi connectivity index (χ1n) is 11.1. The third-order valence-corrected chi connectivity index (χ3v) is 7.74. The Balaban J connectivity index is 1.47. The molecule has 0 aliphatic heterocycles. The number of pyridine rings is 1. The van der Waals surface area contributed by atoms with Gasteiger partial charge in [0.05, 0.1) is 5.69 Å². The van der Waals surface area contributed by atoms with Crippen LogP contribution >= 0.6 is 31.9 Å². The van der Waals surface area contributed by atoms with E-state index in [2.05, 4.69) is 41.9 Å². The van der Waals surface area contributed by atoms with Crippen LogP contribution in [0, 0.1) is 17.6 Å². The maximum absolute atomic E-state index is 14.8. The number of hydrogen-bond donors (Lipinski definition) is 0. The van der Waals surface area contributed by atoms with Gasteiger partial charge in [0.2, 0.25) is 0 Å². The van der Waals surface area contributed by atoms with E-state index in [9.17, 15) is 35.5 Å². The van der Waals surface area contributed by atoms with Crippen LogP contribution in [-0.4, -0.2) is 20.5 Å². The summed E-state index contributed by atoms with van der Waals surface area (Å²) in [4.78, 5) is 17.4. The molecule has 1 aromatic carbocycles. The van der Waals surface area contributed by atoms with E-state index < -0.39 is 70.8 Å². The molecule has 2 aliphatic rings. The van der Waals surface area contributed by atoms with E-state index in [-0.39, 0.29) is 24.8 Å². The summed E-state index contributed by atoms with van der Waals surface area (Å²) in [5.41, 5.74) is -2.21. The lowest BCUT2D eigenvalue weighted by Crippen LogP contribution is -2.24. The Morgan fingerprint density at radius 2 is 1.81 bits per heavy atom. The van der Waals surface area contributed by atoms with Crippen molar-refractivity contribution in [1.82, 2.24) is 14.8 Å². The predicted molar refractivity (Wildman–Crippen MR) is 124 cm³/mol. The highest BCUT2D eigenvalue weighted by atomic mass is 79.9. The molecule has 196 valence electrons. The second-order valence-corrected chi connectivity index (χ2v) is 10.9. The fraction of sp³-hybridized carbons (Fsp3) is 0.375. The lowest BCUT2D eigenvalue weighted by Gasteiger charge is -2.19. The third-order valence-electron chi connectivity index (χ3n) is 6.63. The van der Waals surface area contributed by atoms with E-state index in [4.69, 9.17) is 0 Å². The fourth-order valence-corrected chi connectivity index (χ4v) is 5.97. The van der Waals surface area contributed by atoms with Crippen molar-refractivity contribution in [3.05, 3.63) is 79.3 Å². The maximum Gasteiger partial charge on any atom is 0.435 e. The van der Waals surface area contributed by atoms with Gasteiger partial charge in [0, 0.05) is 34.4 Å². The van der Waals surface area contributed by atoms with Gasteiger partial charge in [-0.15, -0.1) is 0 Å². The maximum atomic E-state index is 14.8. The standard InChI is InChI=1S/C24H16Br2F7N3O/c25-17-1-2-18(26)34-20(17)11(3-10-4-12(27)7-13(28)5-10)6-14(37)9-36-22-19(21(35-36)24(31,32)33)15-8-16(15)23(22,29)30/h1-2,4-5,7,11,15-16H,3,6,8-9H2/t11-,15+,16-/m1/s1. The molecular weight excluding hydrogens is 639 g/mol. The largest absolute Gasteiger partial charge is 0.435 e. The molecule has 4 nitrogen and oxygen atoms in total. The first-order chi connectivity index (χ1) is 17.3. The number of rotatable bonds is 7. The highest BCUT2D eigenvalue weighted by Gasteiger charge is 2.68. The highest BCUT2D eigenvalue weighted by Crippen LogP contribution is 2.68. The van der Waals surface area contributed by atoms with E-state index in [1.807, 2.05) is 0 Å². The van der Waals surface area contributed by atoms with E-state index in [0.717, 1.165) is 12.1 Å². The van der Waals surface area contributed by atoms with Gasteiger partial charge >= 0.3 is 6.18 Å². The molecule has 0 amide bonds. The Morgan fingerprint density at radius 3 is 2.46 bits per heavy atom. The molecule has 3 aromatic rings. The van der Waals surface area contributed by atoms with Crippen molar-refractivity contribution in [3.8, 4) is 0 Å². The van der Waals surface area contributed by atoms with Crippen LogP contribution in [0.1, 0.15) is 52.9 Å². The first-order valence-corrected chi connectivity index (χ1v) is 12.7. The lowest BCUT2D eigenvalue weighted by atomic mass is 9.90. The van der Waals surface area contributed by atoms with Gasteiger partial charge < -0.3 is 0 Å². The average Bonchev–Trinajstić information content (AvgIpc) is 3.42. The zero-order chi connectivity index (χ0) is 26.9. The van der Waals surface area contributed by atoms with Crippen LogP contribution < -0.4 is 0 Å². The number of alkyl halides is 5. The van der Waals surface area contributed by atoms with Crippen LogP contribution in [0.3, 0.4) is 0 Å². The van der Waals surface area contributed by atoms with Crippen molar-refractivity contribution in [2.45, 2.75) is 49.7 Å². The van der Waals surface area contributed by atoms with Crippen LogP contribution in [-0.2, 0) is 29.9 Å². The number of hydrogen-bond acceptors (Lipinski definition) is 3. The van der Waals surface area contributed by atoms with Crippen molar-refractivity contribution in [1.29, 1.82) is 0 Å². The van der Waals surface area contributed by atoms with Gasteiger partial charge in [-0.3, -0.25) is 9.48 Å². The Kier molecular flexibility index (Phi) is 6.53. The Labute approximate surface area is 222 Å². The minimum atomic E-state index is -4.94. The number of benzene rings is 1. The molecule has 2 aromatic heterocycles. The number of nitrogens with zero attached hydrogens (tertiary/aromatic N) is 3. The topological polar surface area (TPSA) is 47.8 Å². The molecule has 0 bridgehead atoms. The molecule has 1 fully saturated rings. The number of carbonyl (C=O) groups excluding carboxylic acids is 1. The molecule has 0 saturated heterocycles. The van der Waals surface area contributed by atoms with Crippen LogP contribution in [0.25, 0.3) is 0 Å². The number of fused-ring (bicyclic) bond motifs is 3. The zero-order valence-electron chi connectivity index (χ0n) is 18.6. The Hall–Kier alpha value is -2.28. The van der Waals surface area contributed by atoms with Gasteiger partial charge in [0.1, 0.15) is 28.5 Å². The van der Waals surface area contributed by atoms with Crippen molar-refractivity contribution in [2.75, 3.05) is 0 Å². The second-order valence-electron chi connectivity index (χ2n) is 9.26. The lowest BCUT2D eigenvalue weighted by molar-refractivity contribution is -0.142. The van der Waals surface area contributed by atoms with E-state index >= 15 is 0 Å². The third kappa shape index (κ3) is 4.96. The highest BCUT2D eigenvalue weighted by molar-refractivity contribution is 9.11. The molecular formula is C24H16Br2F7N3O. The summed E-state index contributed by atoms with van der Waals surface area (Å²) in [6.07, 6.45) is -5.40. The molecule has 2 aliphatic carbocycles. The van der Waals surface area contributed by atoms with Gasteiger partial charge in [-0.1, -0.05) is 0 Å². The number of ketones is 1. The number of Topliss-reactive ketones (excluding diaryl/α,β-unsaturated/α-hetero) is 1. The summed E-state index contributed by atoms with van der Waals surface area (Å²) >= 11 is 6.57. The fourth-order valence-electron chi connectivity index (χ4n) is 5.10. The van der Waals surface area contributed by atoms with E-state index in [1.165, 1.54) is 0 Å². The Morgan fingerprint density at radius 1 is 1.14 bits per heavy atom. The van der Waals surface area contributed by atoms with Crippen LogP contribution in [0.5, 0.6) is 0 Å². The summed E-state index contributed by atoms with van der Waals surface area (Å²) in [5, 5.41) is 3.39. The number of aromatic nitrogens is 3. The van der Waals surface area contributed by atoms with Crippen molar-refractivity contribution in [3.63, 3.8) is 0 Å². The average molecular weight is 655 g/mol. The molecule has 13 heteroatoms. The molecule has 1 saturated carbocycles. The normalized spacial score (nSPS) is 20.5. The van der Waals surface area contributed by atoms with Crippen molar-refractivity contribution in [2.24, 2.45) is 5.92 Å². The zero-order valence-corrected chi connectivity index (χ0v) is 21.8. The van der Waals surface area contributed by atoms with Crippen LogP contribution in [0.2, 0.25) is 0 Å². The molecule has 37 heavy (non-hydrogen) atoms. The summed E-state index contributed by atoms with van der Waals surface area (Å²) < 4.78 is 99.4. The molecule has 2 heterocycles. The van der Waals surface area contributed by atoms with Crippen LogP contribution in [0.15, 0.2) is 39.4 Å². The summed E-state index contributed by atoms with van der Waals surface area (Å²) in [5.74, 6) is -8.79. The number of carbonyl (C=O) groups is 1. The molecule has 5 rings (SSSR count). The smallest absolute Gasteiger partial charge is 0.298 e. The number of halogens is 9. The van der Waals surface area contributed by atoms with E-state index in [0.29, 0.717) is 25.5 Å². The molecule has 0 radical (unpaired) electrons. The van der Waals surface area contributed by atoms with Gasteiger partial charge in [-0.2, -0.15) is 27.1 Å². The van der Waals surface area contributed by atoms with Gasteiger partial charge in [-0.25, -0.2) is 13.8 Å². The predicted octanol–water partition coefficient (Wildman–Crippen LogP) is 7.29. The molecule has 0 spiro atoms. The molecule has 3 atom stereocenters. The SMILES string of the molecule is O=C(C[C@@H](Cc1cc(F)cc(F)c1)c1nc(Br)ccc1Br)Cn1nc(C(F)(F)F)c2c1C(F)(F)[C@@H]1C[C@H]21. The minimum absolute atomic E-state index is 0.0478. The van der Waals surface area contributed by atoms with Crippen LogP contribution in [0.4, 0.5) is 30.7 Å².